The molecule has 2 aliphatic rings. The van der Waals surface area contributed by atoms with E-state index in [0.717, 1.165) is 4.90 Å². The summed E-state index contributed by atoms with van der Waals surface area (Å²) >= 11 is 0. The first-order valence-electron chi connectivity index (χ1n) is 8.60. The number of piperidine rings is 1. The number of carbonyl (C=O) groups is 3. The molecule has 0 atom stereocenters. The molecule has 0 aromatic carbocycles. The van der Waals surface area contributed by atoms with Crippen LogP contribution in [0.5, 0.6) is 0 Å². The summed E-state index contributed by atoms with van der Waals surface area (Å²) in [5, 5.41) is 8.09. The fraction of sp³-hybridized carbons (Fsp3) is 0.471. The normalized spacial score (nSPS) is 18.8. The van der Waals surface area contributed by atoms with Crippen molar-refractivity contribution in [2.45, 2.75) is 31.6 Å². The molecule has 2 aromatic rings. The lowest BCUT2D eigenvalue weighted by Crippen LogP contribution is -2.45. The Morgan fingerprint density at radius 3 is 2.54 bits per heavy atom. The Morgan fingerprint density at radius 1 is 1.15 bits per heavy atom. The highest BCUT2D eigenvalue weighted by Gasteiger charge is 2.33. The predicted molar refractivity (Wildman–Crippen MR) is 86.5 cm³/mol. The Labute approximate surface area is 148 Å². The average molecular weight is 358 g/mol. The molecule has 0 N–H and O–H groups in total. The van der Waals surface area contributed by atoms with Crippen LogP contribution >= 0.6 is 0 Å². The van der Waals surface area contributed by atoms with E-state index < -0.39 is 0 Å². The van der Waals surface area contributed by atoms with Crippen LogP contribution in [0.3, 0.4) is 0 Å². The summed E-state index contributed by atoms with van der Waals surface area (Å²) in [4.78, 5) is 38.4. The summed E-state index contributed by atoms with van der Waals surface area (Å²) in [7, 11) is 0. The number of furan rings is 1. The van der Waals surface area contributed by atoms with Crippen molar-refractivity contribution in [3.63, 3.8) is 0 Å². The fourth-order valence-electron chi connectivity index (χ4n) is 3.31. The molecule has 2 fully saturated rings. The Hall–Kier alpha value is -2.97. The lowest BCUT2D eigenvalue weighted by Gasteiger charge is -2.31. The van der Waals surface area contributed by atoms with Crippen molar-refractivity contribution < 1.29 is 23.2 Å². The molecule has 4 rings (SSSR count). The Bertz CT molecular complexity index is 804. The van der Waals surface area contributed by atoms with E-state index in [-0.39, 0.29) is 43.0 Å². The van der Waals surface area contributed by atoms with Crippen LogP contribution < -0.4 is 0 Å². The first-order chi connectivity index (χ1) is 12.6. The SMILES string of the molecule is O=C(CN1C(=O)CCC1=O)N1CCC(c2nnc(-c3ccco3)o2)CC1. The van der Waals surface area contributed by atoms with Gasteiger partial charge in [-0.2, -0.15) is 0 Å². The lowest BCUT2D eigenvalue weighted by atomic mass is 9.97. The van der Waals surface area contributed by atoms with E-state index >= 15 is 0 Å². The molecule has 2 aliphatic heterocycles. The van der Waals surface area contributed by atoms with E-state index in [0.29, 0.717) is 43.5 Å². The maximum atomic E-state index is 12.4. The minimum absolute atomic E-state index is 0.0744. The molecule has 0 aliphatic carbocycles. The topological polar surface area (TPSA) is 110 Å². The van der Waals surface area contributed by atoms with Crippen molar-refractivity contribution in [2.75, 3.05) is 19.6 Å². The minimum atomic E-state index is -0.269. The number of nitrogens with zero attached hydrogens (tertiary/aromatic N) is 4. The van der Waals surface area contributed by atoms with Gasteiger partial charge in [-0.15, -0.1) is 10.2 Å². The molecule has 9 heteroatoms. The molecule has 9 nitrogen and oxygen atoms in total. The van der Waals surface area contributed by atoms with Crippen LogP contribution in [0, 0.1) is 0 Å². The summed E-state index contributed by atoms with van der Waals surface area (Å²) < 4.78 is 10.9. The largest absolute Gasteiger partial charge is 0.459 e. The maximum Gasteiger partial charge on any atom is 0.283 e. The Morgan fingerprint density at radius 2 is 1.88 bits per heavy atom. The van der Waals surface area contributed by atoms with Crippen LogP contribution in [-0.2, 0) is 14.4 Å². The van der Waals surface area contributed by atoms with Crippen LogP contribution in [-0.4, -0.2) is 57.4 Å². The molecule has 0 unspecified atom stereocenters. The Balaban J connectivity index is 1.33. The van der Waals surface area contributed by atoms with E-state index in [9.17, 15) is 14.4 Å². The highest BCUT2D eigenvalue weighted by atomic mass is 16.4. The van der Waals surface area contributed by atoms with E-state index in [1.165, 1.54) is 0 Å². The molecule has 0 spiro atoms. The van der Waals surface area contributed by atoms with Gasteiger partial charge in [0.15, 0.2) is 5.76 Å². The van der Waals surface area contributed by atoms with Crippen molar-refractivity contribution >= 4 is 17.7 Å². The number of imide groups is 1. The third kappa shape index (κ3) is 3.12. The Kier molecular flexibility index (Phi) is 4.27. The number of amides is 3. The van der Waals surface area contributed by atoms with Gasteiger partial charge in [-0.05, 0) is 25.0 Å². The summed E-state index contributed by atoms with van der Waals surface area (Å²) in [6.07, 6.45) is 3.31. The molecule has 0 radical (unpaired) electrons. The van der Waals surface area contributed by atoms with Crippen molar-refractivity contribution in [1.29, 1.82) is 0 Å². The zero-order valence-electron chi connectivity index (χ0n) is 14.1. The number of hydrogen-bond acceptors (Lipinski definition) is 7. The van der Waals surface area contributed by atoms with Gasteiger partial charge in [-0.25, -0.2) is 0 Å². The lowest BCUT2D eigenvalue weighted by molar-refractivity contribution is -0.146. The zero-order valence-corrected chi connectivity index (χ0v) is 14.1. The number of hydrogen-bond donors (Lipinski definition) is 0. The molecule has 26 heavy (non-hydrogen) atoms. The average Bonchev–Trinajstić information content (AvgIpc) is 3.39. The maximum absolute atomic E-state index is 12.4. The number of aromatic nitrogens is 2. The van der Waals surface area contributed by atoms with Gasteiger partial charge in [0.2, 0.25) is 23.6 Å². The van der Waals surface area contributed by atoms with Gasteiger partial charge in [0.05, 0.1) is 6.26 Å². The van der Waals surface area contributed by atoms with Crippen LogP contribution in [0.2, 0.25) is 0 Å². The summed E-state index contributed by atoms with van der Waals surface area (Å²) in [6, 6.07) is 3.50. The number of rotatable bonds is 4. The van der Waals surface area contributed by atoms with Gasteiger partial charge in [0.1, 0.15) is 6.54 Å². The molecule has 2 saturated heterocycles. The van der Waals surface area contributed by atoms with Crippen LogP contribution in [0.15, 0.2) is 27.2 Å². The first-order valence-corrected chi connectivity index (χ1v) is 8.60. The minimum Gasteiger partial charge on any atom is -0.459 e. The van der Waals surface area contributed by atoms with Gasteiger partial charge in [-0.1, -0.05) is 0 Å². The molecule has 3 amide bonds. The monoisotopic (exact) mass is 358 g/mol. The molecule has 2 aromatic heterocycles. The second-order valence-electron chi connectivity index (χ2n) is 6.45. The van der Waals surface area contributed by atoms with Crippen LogP contribution in [0.4, 0.5) is 0 Å². The van der Waals surface area contributed by atoms with Gasteiger partial charge in [0.25, 0.3) is 5.89 Å². The molecule has 136 valence electrons. The van der Waals surface area contributed by atoms with E-state index in [2.05, 4.69) is 10.2 Å². The molecular formula is C17H18N4O5. The quantitative estimate of drug-likeness (QED) is 0.755. The van der Waals surface area contributed by atoms with Gasteiger partial charge in [0, 0.05) is 31.8 Å². The van der Waals surface area contributed by atoms with Gasteiger partial charge in [-0.3, -0.25) is 19.3 Å². The van der Waals surface area contributed by atoms with Crippen molar-refractivity contribution in [3.05, 3.63) is 24.3 Å². The predicted octanol–water partition coefficient (Wildman–Crippen LogP) is 1.18. The first kappa shape index (κ1) is 16.5. The van der Waals surface area contributed by atoms with E-state index in [4.69, 9.17) is 8.83 Å². The van der Waals surface area contributed by atoms with Crippen LogP contribution in [0.25, 0.3) is 11.7 Å². The number of carbonyl (C=O) groups excluding carboxylic acids is 3. The van der Waals surface area contributed by atoms with Crippen molar-refractivity contribution in [1.82, 2.24) is 20.0 Å². The number of likely N-dealkylation sites (tertiary alicyclic amines) is 2. The highest BCUT2D eigenvalue weighted by molar-refractivity contribution is 6.04. The smallest absolute Gasteiger partial charge is 0.283 e. The van der Waals surface area contributed by atoms with Crippen molar-refractivity contribution in [2.24, 2.45) is 0 Å². The summed E-state index contributed by atoms with van der Waals surface area (Å²) in [5.41, 5.74) is 0. The molecular weight excluding hydrogens is 340 g/mol. The second-order valence-corrected chi connectivity index (χ2v) is 6.45. The zero-order chi connectivity index (χ0) is 18.1. The highest BCUT2D eigenvalue weighted by Crippen LogP contribution is 2.29. The summed E-state index contributed by atoms with van der Waals surface area (Å²) in [6.45, 7) is 0.891. The van der Waals surface area contributed by atoms with Gasteiger partial charge < -0.3 is 13.7 Å². The third-order valence-electron chi connectivity index (χ3n) is 4.82. The molecule has 0 saturated carbocycles. The van der Waals surface area contributed by atoms with Crippen molar-refractivity contribution in [3.8, 4) is 11.7 Å². The second kappa shape index (κ2) is 6.74. The third-order valence-corrected chi connectivity index (χ3v) is 4.82. The van der Waals surface area contributed by atoms with E-state index in [1.807, 2.05) is 0 Å². The van der Waals surface area contributed by atoms with Crippen LogP contribution in [0.1, 0.15) is 37.5 Å². The fourth-order valence-corrected chi connectivity index (χ4v) is 3.31. The molecule has 0 bridgehead atoms. The standard InChI is InChI=1S/C17H18N4O5/c22-13-3-4-14(23)21(13)10-15(24)20-7-5-11(6-8-20)16-18-19-17(26-16)12-2-1-9-25-12/h1-2,9,11H,3-8,10H2. The summed E-state index contributed by atoms with van der Waals surface area (Å²) in [5.74, 6) is 0.738. The van der Waals surface area contributed by atoms with E-state index in [1.54, 1.807) is 23.3 Å². The van der Waals surface area contributed by atoms with Gasteiger partial charge >= 0.3 is 0 Å². The molecule has 4 heterocycles.